The maximum absolute atomic E-state index is 13.5. The minimum Gasteiger partial charge on any atom is -0.497 e. The van der Waals surface area contributed by atoms with Gasteiger partial charge in [-0.2, -0.15) is 13.2 Å². The summed E-state index contributed by atoms with van der Waals surface area (Å²) in [5.74, 6) is 1.22. The molecule has 1 aliphatic rings. The van der Waals surface area contributed by atoms with Crippen LogP contribution in [0.3, 0.4) is 0 Å². The fraction of sp³-hybridized carbons (Fsp3) is 0.241. The van der Waals surface area contributed by atoms with Crippen molar-refractivity contribution in [2.24, 2.45) is 0 Å². The van der Waals surface area contributed by atoms with Gasteiger partial charge in [-0.3, -0.25) is 4.98 Å². The Kier molecular flexibility index (Phi) is 6.98. The molecule has 2 atom stereocenters. The largest absolute Gasteiger partial charge is 0.497 e. The molecule has 0 radical (unpaired) electrons. The van der Waals surface area contributed by atoms with Gasteiger partial charge in [0.2, 0.25) is 0 Å². The van der Waals surface area contributed by atoms with E-state index in [1.165, 1.54) is 12.1 Å². The first kappa shape index (κ1) is 26.6. The topological polar surface area (TPSA) is 51.6 Å². The van der Waals surface area contributed by atoms with Crippen LogP contribution in [0.1, 0.15) is 40.3 Å². The Bertz CT molecular complexity index is 1520. The summed E-state index contributed by atoms with van der Waals surface area (Å²) < 4.78 is 53.6. The molecule has 1 fully saturated rings. The lowest BCUT2D eigenvalue weighted by Gasteiger charge is -2.29. The first-order valence-corrected chi connectivity index (χ1v) is 12.6. The van der Waals surface area contributed by atoms with Gasteiger partial charge in [0.15, 0.2) is 5.11 Å². The Hall–Kier alpha value is -4.05. The highest BCUT2D eigenvalue weighted by atomic mass is 32.1. The third-order valence-electron chi connectivity index (χ3n) is 6.96. The van der Waals surface area contributed by atoms with Gasteiger partial charge < -0.3 is 24.3 Å². The average Bonchev–Trinajstić information content (AvgIpc) is 3.42. The van der Waals surface area contributed by atoms with E-state index in [-0.39, 0.29) is 12.1 Å². The molecule has 0 aliphatic carbocycles. The van der Waals surface area contributed by atoms with E-state index in [4.69, 9.17) is 21.7 Å². The SMILES string of the molecule is COc1ccc(OC)c(N2C(=S)NC(c3ccccn3)C2c2cc(C)n(-c3cccc(C(F)(F)F)c3)c2C)c1. The van der Waals surface area contributed by atoms with E-state index < -0.39 is 11.7 Å². The lowest BCUT2D eigenvalue weighted by atomic mass is 9.96. The second kappa shape index (κ2) is 10.3. The van der Waals surface area contributed by atoms with E-state index in [2.05, 4.69) is 10.3 Å². The van der Waals surface area contributed by atoms with Crippen molar-refractivity contribution in [1.29, 1.82) is 0 Å². The molecule has 4 aromatic rings. The van der Waals surface area contributed by atoms with Gasteiger partial charge in [-0.25, -0.2) is 0 Å². The number of nitrogens with one attached hydrogen (secondary N) is 1. The van der Waals surface area contributed by atoms with Gasteiger partial charge in [-0.1, -0.05) is 12.1 Å². The predicted molar refractivity (Wildman–Crippen MR) is 148 cm³/mol. The molecule has 10 heteroatoms. The number of thiocarbonyl (C=S) groups is 1. The van der Waals surface area contributed by atoms with E-state index in [1.54, 1.807) is 32.5 Å². The molecule has 3 heterocycles. The number of halogens is 3. The lowest BCUT2D eigenvalue weighted by Crippen LogP contribution is -2.30. The summed E-state index contributed by atoms with van der Waals surface area (Å²) >= 11 is 5.86. The van der Waals surface area contributed by atoms with E-state index in [0.29, 0.717) is 28.0 Å². The van der Waals surface area contributed by atoms with Crippen molar-refractivity contribution in [2.45, 2.75) is 32.1 Å². The van der Waals surface area contributed by atoms with Crippen molar-refractivity contribution >= 4 is 23.0 Å². The minimum absolute atomic E-state index is 0.343. The minimum atomic E-state index is -4.45. The van der Waals surface area contributed by atoms with Gasteiger partial charge in [-0.05, 0) is 80.2 Å². The second-order valence-corrected chi connectivity index (χ2v) is 9.63. The van der Waals surface area contributed by atoms with Gasteiger partial charge >= 0.3 is 6.18 Å². The Labute approximate surface area is 230 Å². The maximum Gasteiger partial charge on any atom is 0.416 e. The third kappa shape index (κ3) is 4.80. The van der Waals surface area contributed by atoms with Crippen LogP contribution in [0.2, 0.25) is 0 Å². The molecule has 5 rings (SSSR count). The lowest BCUT2D eigenvalue weighted by molar-refractivity contribution is -0.137. The molecule has 0 spiro atoms. The molecule has 0 amide bonds. The van der Waals surface area contributed by atoms with E-state index in [1.807, 2.05) is 59.7 Å². The molecule has 202 valence electrons. The van der Waals surface area contributed by atoms with Crippen LogP contribution in [0.15, 0.2) is 72.9 Å². The smallest absolute Gasteiger partial charge is 0.416 e. The van der Waals surface area contributed by atoms with Crippen LogP contribution in [0.5, 0.6) is 11.5 Å². The summed E-state index contributed by atoms with van der Waals surface area (Å²) in [4.78, 5) is 6.56. The summed E-state index contributed by atoms with van der Waals surface area (Å²) in [6.07, 6.45) is -2.73. The number of ether oxygens (including phenoxy) is 2. The monoisotopic (exact) mass is 552 g/mol. The molecule has 6 nitrogen and oxygen atoms in total. The van der Waals surface area contributed by atoms with Crippen molar-refractivity contribution in [1.82, 2.24) is 14.9 Å². The number of hydrogen-bond donors (Lipinski definition) is 1. The van der Waals surface area contributed by atoms with Gasteiger partial charge in [0.25, 0.3) is 0 Å². The maximum atomic E-state index is 13.5. The van der Waals surface area contributed by atoms with Gasteiger partial charge in [-0.15, -0.1) is 0 Å². The molecular weight excluding hydrogens is 525 g/mol. The number of nitrogens with zero attached hydrogens (tertiary/aromatic N) is 3. The fourth-order valence-electron chi connectivity index (χ4n) is 5.22. The number of methoxy groups -OCH3 is 2. The van der Waals surface area contributed by atoms with Crippen LogP contribution < -0.4 is 19.7 Å². The molecule has 1 saturated heterocycles. The standard InChI is InChI=1S/C29H27F3N4O2S/c1-17-14-22(18(2)35(17)20-9-7-8-19(15-20)29(30,31)32)27-26(23-10-5-6-13-33-23)34-28(39)36(27)24-16-21(37-3)11-12-25(24)38-4/h5-16,26-27H,1-4H3,(H,34,39). The number of aryl methyl sites for hydroxylation is 1. The van der Waals surface area contributed by atoms with E-state index in [9.17, 15) is 13.2 Å². The fourth-order valence-corrected chi connectivity index (χ4v) is 5.56. The van der Waals surface area contributed by atoms with Crippen LogP contribution in [0.25, 0.3) is 5.69 Å². The Morgan fingerprint density at radius 1 is 0.949 bits per heavy atom. The second-order valence-electron chi connectivity index (χ2n) is 9.24. The molecule has 39 heavy (non-hydrogen) atoms. The summed E-state index contributed by atoms with van der Waals surface area (Å²) in [6.45, 7) is 3.78. The number of benzene rings is 2. The molecule has 2 unspecified atom stereocenters. The molecule has 2 aromatic heterocycles. The number of pyridine rings is 1. The van der Waals surface area contributed by atoms with Crippen LogP contribution in [0, 0.1) is 13.8 Å². The number of anilines is 1. The zero-order valence-corrected chi connectivity index (χ0v) is 22.6. The first-order valence-electron chi connectivity index (χ1n) is 12.2. The van der Waals surface area contributed by atoms with Crippen LogP contribution in [0.4, 0.5) is 18.9 Å². The number of aromatic nitrogens is 2. The Balaban J connectivity index is 1.71. The number of alkyl halides is 3. The van der Waals surface area contributed by atoms with E-state index in [0.717, 1.165) is 28.7 Å². The quantitative estimate of drug-likeness (QED) is 0.269. The van der Waals surface area contributed by atoms with Crippen molar-refractivity contribution in [2.75, 3.05) is 19.1 Å². The highest BCUT2D eigenvalue weighted by Crippen LogP contribution is 2.47. The Morgan fingerprint density at radius 3 is 2.41 bits per heavy atom. The van der Waals surface area contributed by atoms with Crippen LogP contribution >= 0.6 is 12.2 Å². The first-order chi connectivity index (χ1) is 18.6. The zero-order valence-electron chi connectivity index (χ0n) is 21.8. The van der Waals surface area contributed by atoms with Gasteiger partial charge in [0, 0.05) is 29.3 Å². The number of rotatable bonds is 6. The van der Waals surface area contributed by atoms with Crippen molar-refractivity contribution in [3.8, 4) is 17.2 Å². The van der Waals surface area contributed by atoms with Gasteiger partial charge in [0.1, 0.15) is 11.5 Å². The summed E-state index contributed by atoms with van der Waals surface area (Å²) in [5.41, 5.74) is 3.66. The predicted octanol–water partition coefficient (Wildman–Crippen LogP) is 6.70. The molecule has 2 aromatic carbocycles. The molecule has 1 N–H and O–H groups in total. The van der Waals surface area contributed by atoms with Crippen molar-refractivity contribution < 1.29 is 22.6 Å². The average molecular weight is 553 g/mol. The molecular formula is C29H27F3N4O2S. The van der Waals surface area contributed by atoms with Crippen LogP contribution in [-0.4, -0.2) is 28.9 Å². The number of hydrogen-bond acceptors (Lipinski definition) is 4. The van der Waals surface area contributed by atoms with E-state index >= 15 is 0 Å². The van der Waals surface area contributed by atoms with Crippen LogP contribution in [-0.2, 0) is 6.18 Å². The summed E-state index contributed by atoms with van der Waals surface area (Å²) in [5, 5.41) is 3.89. The van der Waals surface area contributed by atoms with Gasteiger partial charge in [0.05, 0.1) is 43.2 Å². The highest BCUT2D eigenvalue weighted by molar-refractivity contribution is 7.80. The molecule has 0 saturated carbocycles. The highest BCUT2D eigenvalue weighted by Gasteiger charge is 2.43. The van der Waals surface area contributed by atoms with Crippen molar-refractivity contribution in [3.05, 3.63) is 101 Å². The molecule has 1 aliphatic heterocycles. The molecule has 0 bridgehead atoms. The normalized spacial score (nSPS) is 17.3. The summed E-state index contributed by atoms with van der Waals surface area (Å²) in [7, 11) is 3.17. The summed E-state index contributed by atoms with van der Waals surface area (Å²) in [6, 6.07) is 17.7. The zero-order chi connectivity index (χ0) is 27.9. The Morgan fingerprint density at radius 2 is 1.74 bits per heavy atom. The third-order valence-corrected chi connectivity index (χ3v) is 7.28. The van der Waals surface area contributed by atoms with Crippen molar-refractivity contribution in [3.63, 3.8) is 0 Å².